The van der Waals surface area contributed by atoms with Gasteiger partial charge in [0.05, 0.1) is 17.0 Å². The predicted molar refractivity (Wildman–Crippen MR) is 300 cm³/mol. The maximum atomic E-state index is 15.2. The molecule has 9 rings (SSSR count). The van der Waals surface area contributed by atoms with Crippen LogP contribution in [-0.4, -0.2) is 114 Å². The highest BCUT2D eigenvalue weighted by Crippen LogP contribution is 2.35. The number of aromatic carboxylic acids is 1. The third kappa shape index (κ3) is 13.1. The number of benzene rings is 4. The molecule has 4 aromatic heterocycles. The number of carboxylic acids is 1. The van der Waals surface area contributed by atoms with E-state index in [0.717, 1.165) is 117 Å². The van der Waals surface area contributed by atoms with Gasteiger partial charge in [-0.2, -0.15) is 9.97 Å². The molecule has 4 heterocycles. The van der Waals surface area contributed by atoms with Crippen LogP contribution in [0.2, 0.25) is 0 Å². The average Bonchev–Trinajstić information content (AvgIpc) is 4.46. The lowest BCUT2D eigenvalue weighted by molar-refractivity contribution is 0.0696. The molecule has 1 aliphatic rings. The topological polar surface area (TPSA) is 192 Å². The van der Waals surface area contributed by atoms with Crippen LogP contribution in [0, 0.1) is 48.8 Å². The van der Waals surface area contributed by atoms with Crippen molar-refractivity contribution in [3.05, 3.63) is 163 Å². The summed E-state index contributed by atoms with van der Waals surface area (Å²) >= 11 is 0. The monoisotopic (exact) mass is 1120 g/mol. The van der Waals surface area contributed by atoms with Crippen molar-refractivity contribution in [1.29, 1.82) is 0 Å². The zero-order valence-electron chi connectivity index (χ0n) is 45.6. The number of rotatable bonds is 21. The first-order valence-electron chi connectivity index (χ1n) is 26.7. The van der Waals surface area contributed by atoms with Crippen molar-refractivity contribution < 1.29 is 41.0 Å². The summed E-state index contributed by atoms with van der Waals surface area (Å²) in [7, 11) is 0. The van der Waals surface area contributed by atoms with Crippen molar-refractivity contribution in [2.45, 2.75) is 73.3 Å². The van der Waals surface area contributed by atoms with Crippen LogP contribution >= 0.6 is 0 Å². The third-order valence-electron chi connectivity index (χ3n) is 14.1. The van der Waals surface area contributed by atoms with E-state index in [-0.39, 0.29) is 79.2 Å². The van der Waals surface area contributed by atoms with Gasteiger partial charge in [-0.15, -0.1) is 0 Å². The fourth-order valence-corrected chi connectivity index (χ4v) is 9.32. The van der Waals surface area contributed by atoms with Gasteiger partial charge < -0.3 is 30.9 Å². The molecule has 22 heteroatoms. The zero-order valence-corrected chi connectivity index (χ0v) is 45.6. The third-order valence-corrected chi connectivity index (χ3v) is 14.1. The number of para-hydroxylation sites is 2. The van der Waals surface area contributed by atoms with Gasteiger partial charge in [0, 0.05) is 58.7 Å². The van der Waals surface area contributed by atoms with Crippen LogP contribution in [0.25, 0.3) is 56.0 Å². The molecule has 16 nitrogen and oxygen atoms in total. The predicted octanol–water partition coefficient (Wildman–Crippen LogP) is 10.2. The number of halogens is 6. The van der Waals surface area contributed by atoms with E-state index >= 15 is 4.39 Å². The van der Waals surface area contributed by atoms with Gasteiger partial charge in [0.1, 0.15) is 46.3 Å². The minimum atomic E-state index is -1.34. The summed E-state index contributed by atoms with van der Waals surface area (Å²) < 4.78 is 91.3. The van der Waals surface area contributed by atoms with Crippen molar-refractivity contribution in [1.82, 2.24) is 44.2 Å². The Morgan fingerprint density at radius 3 is 1.35 bits per heavy atom. The Morgan fingerprint density at radius 1 is 0.568 bits per heavy atom. The summed E-state index contributed by atoms with van der Waals surface area (Å²) in [6.07, 6.45) is 3.23. The maximum absolute atomic E-state index is 15.2. The number of carbonyl (C=O) groups excluding carboxylic acids is 1. The quantitative estimate of drug-likeness (QED) is 0.0393. The van der Waals surface area contributed by atoms with E-state index in [1.54, 1.807) is 13.0 Å². The van der Waals surface area contributed by atoms with Crippen LogP contribution in [-0.2, 0) is 0 Å². The van der Waals surface area contributed by atoms with Crippen LogP contribution in [0.3, 0.4) is 0 Å². The molecular weight excluding hydrogens is 1060 g/mol. The largest absolute Gasteiger partial charge is 0.478 e. The number of amides is 1. The molecule has 0 spiro atoms. The summed E-state index contributed by atoms with van der Waals surface area (Å²) in [4.78, 5) is 73.3. The number of aromatic nitrogens is 6. The summed E-state index contributed by atoms with van der Waals surface area (Å²) in [5, 5.41) is 19.1. The van der Waals surface area contributed by atoms with Gasteiger partial charge in [-0.25, -0.2) is 41.1 Å². The van der Waals surface area contributed by atoms with Gasteiger partial charge in [-0.3, -0.25) is 23.5 Å². The summed E-state index contributed by atoms with van der Waals surface area (Å²) in [5.74, 6) is -6.83. The van der Waals surface area contributed by atoms with E-state index < -0.39 is 69.3 Å². The Hall–Kier alpha value is -8.50. The summed E-state index contributed by atoms with van der Waals surface area (Å²) in [6, 6.07) is 16.6. The molecule has 0 unspecified atom stereocenters. The highest BCUT2D eigenvalue weighted by Gasteiger charge is 2.27. The van der Waals surface area contributed by atoms with Gasteiger partial charge in [0.25, 0.3) is 17.0 Å². The Morgan fingerprint density at radius 2 is 0.963 bits per heavy atom. The average molecular weight is 1120 g/mol. The minimum Gasteiger partial charge on any atom is -0.478 e. The lowest BCUT2D eigenvalue weighted by Gasteiger charge is -2.18. The van der Waals surface area contributed by atoms with Gasteiger partial charge in [0.2, 0.25) is 11.9 Å². The molecule has 0 atom stereocenters. The molecule has 0 aliphatic heterocycles. The van der Waals surface area contributed by atoms with E-state index in [2.05, 4.69) is 73.4 Å². The molecule has 81 heavy (non-hydrogen) atoms. The second kappa shape index (κ2) is 25.7. The molecule has 0 bridgehead atoms. The highest BCUT2D eigenvalue weighted by molar-refractivity contribution is 5.99. The number of carboxylic acid groups (broad SMARTS) is 1. The minimum absolute atomic E-state index is 0.0358. The lowest BCUT2D eigenvalue weighted by Crippen LogP contribution is -2.26. The standard InChI is InChI=1S/C31H33F3N6O2.C28H28F3N5O3/c1-4-39(5-2)15-7-14-35-31-37-27(22-16-19(17-25(34)18(22)3)30(42)36-20-10-11-20)21-12-13-26(41)40(29(21)38-31)28-23(32)8-6-9-24(28)33;1-4-35(5-2)13-7-12-32-28-33-24(19-14-17(27(38)39)15-22(31)16(19)3)18-10-11-23(37)36(26(18)34-28)25-20(29)8-6-9-21(25)30/h6,8-9,12-13,16-17,20H,4-5,7,10-11,14-15H2,1-3H3,(H,36,42)(H,35,37,38);6,8-11,14-15H,4-5,7,12-13H2,1-3H3,(H,38,39)(H,32,33,34). The van der Waals surface area contributed by atoms with Crippen molar-refractivity contribution in [3.8, 4) is 33.9 Å². The molecular formula is C59H61F6N11O5. The first-order valence-corrected chi connectivity index (χ1v) is 26.7. The zero-order chi connectivity index (χ0) is 58.2. The van der Waals surface area contributed by atoms with Crippen LogP contribution < -0.4 is 27.1 Å². The van der Waals surface area contributed by atoms with Gasteiger partial charge in [-0.1, -0.05) is 39.8 Å². The van der Waals surface area contributed by atoms with E-state index in [4.69, 9.17) is 0 Å². The van der Waals surface area contributed by atoms with Gasteiger partial charge in [0.15, 0.2) is 11.3 Å². The molecule has 1 aliphatic carbocycles. The van der Waals surface area contributed by atoms with Gasteiger partial charge in [-0.05, 0) is 151 Å². The van der Waals surface area contributed by atoms with Crippen LogP contribution in [0.5, 0.6) is 0 Å². The number of anilines is 2. The Balaban J connectivity index is 0.000000213. The first-order chi connectivity index (χ1) is 38.9. The fourth-order valence-electron chi connectivity index (χ4n) is 9.32. The number of hydrogen-bond acceptors (Lipinski definition) is 12. The smallest absolute Gasteiger partial charge is 0.335 e. The lowest BCUT2D eigenvalue weighted by atomic mass is 9.98. The van der Waals surface area contributed by atoms with Crippen LogP contribution in [0.1, 0.15) is 85.2 Å². The molecule has 4 aromatic carbocycles. The maximum Gasteiger partial charge on any atom is 0.335 e. The molecule has 424 valence electrons. The molecule has 1 fully saturated rings. The molecule has 0 radical (unpaired) electrons. The Kier molecular flexibility index (Phi) is 18.6. The summed E-state index contributed by atoms with van der Waals surface area (Å²) in [6.45, 7) is 17.4. The van der Waals surface area contributed by atoms with Gasteiger partial charge >= 0.3 is 5.97 Å². The van der Waals surface area contributed by atoms with Crippen molar-refractivity contribution in [2.24, 2.45) is 0 Å². The Labute approximate surface area is 462 Å². The van der Waals surface area contributed by atoms with Crippen molar-refractivity contribution in [3.63, 3.8) is 0 Å². The number of fused-ring (bicyclic) bond motifs is 2. The summed E-state index contributed by atoms with van der Waals surface area (Å²) in [5.41, 5.74) is -1.91. The SMILES string of the molecule is CCN(CC)CCCNc1nc(-c2cc(C(=O)NC3CC3)cc(F)c2C)c2ccc(=O)n(-c3c(F)cccc3F)c2n1.CCN(CC)CCCNc1nc(-c2cc(C(=O)O)cc(F)c2C)c2ccc(=O)n(-c3c(F)cccc3F)c2n1. The highest BCUT2D eigenvalue weighted by atomic mass is 19.2. The van der Waals surface area contributed by atoms with Crippen LogP contribution in [0.4, 0.5) is 38.2 Å². The number of pyridine rings is 2. The van der Waals surface area contributed by atoms with Crippen molar-refractivity contribution in [2.75, 3.05) is 63.0 Å². The number of nitrogens with zero attached hydrogens (tertiary/aromatic N) is 8. The van der Waals surface area contributed by atoms with E-state index in [1.165, 1.54) is 43.3 Å². The fraction of sp³-hybridized carbons (Fsp3) is 0.322. The molecule has 4 N–H and O–H groups in total. The normalized spacial score (nSPS) is 12.3. The van der Waals surface area contributed by atoms with E-state index in [9.17, 15) is 46.2 Å². The second-order valence-electron chi connectivity index (χ2n) is 19.3. The van der Waals surface area contributed by atoms with Crippen LogP contribution in [0.15, 0.2) is 94.5 Å². The van der Waals surface area contributed by atoms with E-state index in [1.807, 2.05) is 0 Å². The first kappa shape index (κ1) is 58.6. The molecule has 1 amide bonds. The van der Waals surface area contributed by atoms with E-state index in [0.29, 0.717) is 18.7 Å². The second-order valence-corrected chi connectivity index (χ2v) is 19.3. The van der Waals surface area contributed by atoms with Crippen molar-refractivity contribution >= 4 is 45.8 Å². The number of nitrogens with one attached hydrogen (secondary N) is 3. The molecule has 8 aromatic rings. The number of carbonyl (C=O) groups is 2. The molecule has 1 saturated carbocycles. The number of hydrogen-bond donors (Lipinski definition) is 4. The Bertz CT molecular complexity index is 3750. The molecule has 0 saturated heterocycles.